The van der Waals surface area contributed by atoms with Gasteiger partial charge < -0.3 is 0 Å². The summed E-state index contributed by atoms with van der Waals surface area (Å²) in [5.74, 6) is 4.33. The van der Waals surface area contributed by atoms with E-state index in [2.05, 4.69) is 10.4 Å². The van der Waals surface area contributed by atoms with E-state index in [0.717, 1.165) is 11.6 Å². The summed E-state index contributed by atoms with van der Waals surface area (Å²) >= 11 is 0. The van der Waals surface area contributed by atoms with Crippen LogP contribution in [0.15, 0.2) is 36.7 Å². The minimum absolute atomic E-state index is 0.359. The summed E-state index contributed by atoms with van der Waals surface area (Å²) in [6.45, 7) is 1.60. The Balaban J connectivity index is 2.30. The minimum atomic E-state index is -0.597. The maximum atomic E-state index is 13.8. The number of hydrogen-bond donors (Lipinski definition) is 2. The molecule has 2 aromatic rings. The van der Waals surface area contributed by atoms with E-state index in [9.17, 15) is 8.78 Å². The van der Waals surface area contributed by atoms with Gasteiger partial charge in [0.15, 0.2) is 0 Å². The van der Waals surface area contributed by atoms with Crippen molar-refractivity contribution in [1.29, 1.82) is 0 Å². The maximum Gasteiger partial charge on any atom is 0.130 e. The Kier molecular flexibility index (Phi) is 4.19. The zero-order chi connectivity index (χ0) is 13.8. The summed E-state index contributed by atoms with van der Waals surface area (Å²) in [7, 11) is 0. The number of rotatable bonds is 4. The molecule has 0 aliphatic rings. The standard InChI is InChI=1S/C14H15F2N3/c1-9-6-11(13(16)8-12(9)15)14(19-17)7-10-2-4-18-5-3-10/h2-6,8,14,19H,7,17H2,1H3. The predicted octanol–water partition coefficient (Wildman–Crippen LogP) is 2.42. The Morgan fingerprint density at radius 2 is 1.89 bits per heavy atom. The first kappa shape index (κ1) is 13.6. The fraction of sp³-hybridized carbons (Fsp3) is 0.214. The normalized spacial score (nSPS) is 12.4. The molecule has 1 aromatic carbocycles. The largest absolute Gasteiger partial charge is 0.271 e. The number of aromatic nitrogens is 1. The highest BCUT2D eigenvalue weighted by Crippen LogP contribution is 2.23. The summed E-state index contributed by atoms with van der Waals surface area (Å²) in [5.41, 5.74) is 4.30. The second-order valence-corrected chi connectivity index (χ2v) is 4.40. The Morgan fingerprint density at radius 1 is 1.21 bits per heavy atom. The van der Waals surface area contributed by atoms with Gasteiger partial charge in [-0.25, -0.2) is 8.78 Å². The Hall–Kier alpha value is -1.85. The maximum absolute atomic E-state index is 13.8. The van der Waals surface area contributed by atoms with Gasteiger partial charge in [0, 0.05) is 24.0 Å². The SMILES string of the molecule is Cc1cc(C(Cc2ccncc2)NN)c(F)cc1F. The van der Waals surface area contributed by atoms with Crippen LogP contribution >= 0.6 is 0 Å². The number of halogens is 2. The van der Waals surface area contributed by atoms with Crippen molar-refractivity contribution in [2.24, 2.45) is 5.84 Å². The third kappa shape index (κ3) is 3.13. The molecule has 0 aliphatic carbocycles. The molecule has 0 fully saturated rings. The van der Waals surface area contributed by atoms with Gasteiger partial charge in [-0.3, -0.25) is 16.3 Å². The second kappa shape index (κ2) is 5.86. The molecular formula is C14H15F2N3. The summed E-state index contributed by atoms with van der Waals surface area (Å²) in [6.07, 6.45) is 3.82. The molecule has 1 heterocycles. The highest BCUT2D eigenvalue weighted by molar-refractivity contribution is 5.29. The van der Waals surface area contributed by atoms with Crippen molar-refractivity contribution in [2.45, 2.75) is 19.4 Å². The molecule has 1 unspecified atom stereocenters. The first-order valence-electron chi connectivity index (χ1n) is 5.92. The van der Waals surface area contributed by atoms with Gasteiger partial charge in [0.05, 0.1) is 6.04 Å². The van der Waals surface area contributed by atoms with Crippen LogP contribution in [0.4, 0.5) is 8.78 Å². The summed E-state index contributed by atoms with van der Waals surface area (Å²) in [6, 6.07) is 5.62. The lowest BCUT2D eigenvalue weighted by molar-refractivity contribution is 0.500. The molecule has 0 amide bonds. The molecule has 5 heteroatoms. The number of hydrogen-bond acceptors (Lipinski definition) is 3. The number of pyridine rings is 1. The van der Waals surface area contributed by atoms with E-state index in [4.69, 9.17) is 5.84 Å². The molecule has 0 aliphatic heterocycles. The molecule has 1 aromatic heterocycles. The van der Waals surface area contributed by atoms with E-state index in [0.29, 0.717) is 17.5 Å². The molecule has 0 bridgehead atoms. The molecule has 0 saturated carbocycles. The third-order valence-electron chi connectivity index (χ3n) is 3.04. The van der Waals surface area contributed by atoms with E-state index in [1.54, 1.807) is 19.3 Å². The Labute approximate surface area is 110 Å². The molecule has 0 spiro atoms. The van der Waals surface area contributed by atoms with Crippen LogP contribution in [0.2, 0.25) is 0 Å². The van der Waals surface area contributed by atoms with Crippen molar-refractivity contribution in [3.05, 3.63) is 65.0 Å². The van der Waals surface area contributed by atoms with Gasteiger partial charge in [0.1, 0.15) is 11.6 Å². The van der Waals surface area contributed by atoms with Crippen LogP contribution in [0.3, 0.4) is 0 Å². The van der Waals surface area contributed by atoms with Crippen molar-refractivity contribution >= 4 is 0 Å². The van der Waals surface area contributed by atoms with Crippen LogP contribution in [0.25, 0.3) is 0 Å². The number of benzene rings is 1. The quantitative estimate of drug-likeness (QED) is 0.658. The fourth-order valence-corrected chi connectivity index (χ4v) is 1.96. The van der Waals surface area contributed by atoms with Crippen LogP contribution in [0.5, 0.6) is 0 Å². The van der Waals surface area contributed by atoms with Crippen LogP contribution in [0.1, 0.15) is 22.7 Å². The predicted molar refractivity (Wildman–Crippen MR) is 69.1 cm³/mol. The smallest absolute Gasteiger partial charge is 0.130 e. The first-order chi connectivity index (χ1) is 9.11. The summed E-state index contributed by atoms with van der Waals surface area (Å²) in [4.78, 5) is 3.92. The van der Waals surface area contributed by atoms with Crippen LogP contribution in [-0.4, -0.2) is 4.98 Å². The number of nitrogens with zero attached hydrogens (tertiary/aromatic N) is 1. The minimum Gasteiger partial charge on any atom is -0.271 e. The van der Waals surface area contributed by atoms with Gasteiger partial charge in [0.25, 0.3) is 0 Å². The third-order valence-corrected chi connectivity index (χ3v) is 3.04. The molecule has 3 N–H and O–H groups in total. The molecule has 3 nitrogen and oxygen atoms in total. The zero-order valence-corrected chi connectivity index (χ0v) is 10.5. The lowest BCUT2D eigenvalue weighted by Crippen LogP contribution is -2.30. The van der Waals surface area contributed by atoms with Gasteiger partial charge >= 0.3 is 0 Å². The van der Waals surface area contributed by atoms with Crippen molar-refractivity contribution < 1.29 is 8.78 Å². The first-order valence-corrected chi connectivity index (χ1v) is 5.92. The molecule has 0 radical (unpaired) electrons. The van der Waals surface area contributed by atoms with E-state index in [1.807, 2.05) is 12.1 Å². The van der Waals surface area contributed by atoms with Crippen LogP contribution in [-0.2, 0) is 6.42 Å². The van der Waals surface area contributed by atoms with Crippen molar-refractivity contribution in [3.8, 4) is 0 Å². The molecule has 19 heavy (non-hydrogen) atoms. The average molecular weight is 263 g/mol. The van der Waals surface area contributed by atoms with Crippen molar-refractivity contribution in [2.75, 3.05) is 0 Å². The van der Waals surface area contributed by atoms with Gasteiger partial charge in [-0.1, -0.05) is 0 Å². The number of nitrogens with two attached hydrogens (primary N) is 1. The average Bonchev–Trinajstić information content (AvgIpc) is 2.42. The topological polar surface area (TPSA) is 50.9 Å². The van der Waals surface area contributed by atoms with Crippen LogP contribution in [0, 0.1) is 18.6 Å². The lowest BCUT2D eigenvalue weighted by atomic mass is 9.98. The van der Waals surface area contributed by atoms with Gasteiger partial charge in [-0.2, -0.15) is 0 Å². The number of aryl methyl sites for hydroxylation is 1. The fourth-order valence-electron chi connectivity index (χ4n) is 1.96. The highest BCUT2D eigenvalue weighted by atomic mass is 19.1. The highest BCUT2D eigenvalue weighted by Gasteiger charge is 2.17. The molecule has 2 rings (SSSR count). The van der Waals surface area contributed by atoms with Gasteiger partial charge in [-0.05, 0) is 42.7 Å². The van der Waals surface area contributed by atoms with Crippen LogP contribution < -0.4 is 11.3 Å². The molecule has 100 valence electrons. The molecular weight excluding hydrogens is 248 g/mol. The van der Waals surface area contributed by atoms with Gasteiger partial charge in [-0.15, -0.1) is 0 Å². The number of hydrazine groups is 1. The summed E-state index contributed by atoms with van der Waals surface area (Å²) < 4.78 is 27.1. The Bertz CT molecular complexity index is 558. The second-order valence-electron chi connectivity index (χ2n) is 4.40. The number of nitrogens with one attached hydrogen (secondary N) is 1. The molecule has 0 saturated heterocycles. The van der Waals surface area contributed by atoms with Crippen molar-refractivity contribution in [1.82, 2.24) is 10.4 Å². The van der Waals surface area contributed by atoms with E-state index >= 15 is 0 Å². The Morgan fingerprint density at radius 3 is 2.53 bits per heavy atom. The van der Waals surface area contributed by atoms with Gasteiger partial charge in [0.2, 0.25) is 0 Å². The van der Waals surface area contributed by atoms with E-state index in [-0.39, 0.29) is 0 Å². The zero-order valence-electron chi connectivity index (χ0n) is 10.5. The lowest BCUT2D eigenvalue weighted by Gasteiger charge is -2.18. The monoisotopic (exact) mass is 263 g/mol. The summed E-state index contributed by atoms with van der Waals surface area (Å²) in [5, 5.41) is 0. The molecule has 1 atom stereocenters. The van der Waals surface area contributed by atoms with E-state index in [1.165, 1.54) is 6.07 Å². The van der Waals surface area contributed by atoms with E-state index < -0.39 is 17.7 Å². The van der Waals surface area contributed by atoms with Crippen molar-refractivity contribution in [3.63, 3.8) is 0 Å².